The third-order valence-electron chi connectivity index (χ3n) is 3.30. The molecule has 0 spiro atoms. The summed E-state index contributed by atoms with van der Waals surface area (Å²) in [6.45, 7) is 4.03. The van der Waals surface area contributed by atoms with E-state index in [-0.39, 0.29) is 23.0 Å². The Morgan fingerprint density at radius 3 is 2.80 bits per heavy atom. The average Bonchev–Trinajstić information content (AvgIpc) is 2.96. The van der Waals surface area contributed by atoms with Crippen LogP contribution in [0.4, 0.5) is 0 Å². The maximum atomic E-state index is 12.2. The van der Waals surface area contributed by atoms with Gasteiger partial charge < -0.3 is 5.11 Å². The topological polar surface area (TPSA) is 79.3 Å². The molecule has 0 aliphatic heterocycles. The summed E-state index contributed by atoms with van der Waals surface area (Å²) in [6.07, 6.45) is 4.01. The summed E-state index contributed by atoms with van der Waals surface area (Å²) >= 11 is 0. The molecule has 1 saturated carbocycles. The molecule has 108 valence electrons. The lowest BCUT2D eigenvalue weighted by Gasteiger charge is -2.08. The summed E-state index contributed by atoms with van der Waals surface area (Å²) < 4.78 is 27.1. The van der Waals surface area contributed by atoms with Crippen LogP contribution in [0.15, 0.2) is 23.4 Å². The highest BCUT2D eigenvalue weighted by Crippen LogP contribution is 2.45. The molecule has 0 radical (unpaired) electrons. The first kappa shape index (κ1) is 15.0. The van der Waals surface area contributed by atoms with E-state index < -0.39 is 10.0 Å². The highest BCUT2D eigenvalue weighted by molar-refractivity contribution is 7.89. The van der Waals surface area contributed by atoms with Gasteiger partial charge in [0.2, 0.25) is 10.0 Å². The van der Waals surface area contributed by atoms with Gasteiger partial charge in [0, 0.05) is 30.4 Å². The van der Waals surface area contributed by atoms with Crippen molar-refractivity contribution in [2.24, 2.45) is 5.41 Å². The Bertz CT molecular complexity index is 656. The van der Waals surface area contributed by atoms with Crippen molar-refractivity contribution in [2.75, 3.05) is 6.61 Å². The normalized spacial score (nSPS) is 20.1. The van der Waals surface area contributed by atoms with E-state index in [0.717, 1.165) is 6.42 Å². The molecule has 20 heavy (non-hydrogen) atoms. The second-order valence-corrected chi connectivity index (χ2v) is 7.27. The van der Waals surface area contributed by atoms with Gasteiger partial charge in [0.1, 0.15) is 4.90 Å². The standard InChI is InChI=1S/C14H18N2O3S/c1-14(2)8-13(14)16-20(18,19)12-7-11(9-15-10-12)5-3-4-6-17/h7,9-10,13,16-17H,4,6,8H2,1-2H3. The Labute approximate surface area is 119 Å². The van der Waals surface area contributed by atoms with Gasteiger partial charge in [-0.25, -0.2) is 13.1 Å². The van der Waals surface area contributed by atoms with E-state index in [1.54, 1.807) is 0 Å². The zero-order valence-electron chi connectivity index (χ0n) is 11.5. The van der Waals surface area contributed by atoms with Crippen LogP contribution in [0.1, 0.15) is 32.3 Å². The van der Waals surface area contributed by atoms with Crippen LogP contribution in [0, 0.1) is 17.3 Å². The SMILES string of the molecule is CC1(C)CC1NS(=O)(=O)c1cncc(C#CCCO)c1. The van der Waals surface area contributed by atoms with Crippen molar-refractivity contribution >= 4 is 10.0 Å². The second kappa shape index (κ2) is 5.52. The summed E-state index contributed by atoms with van der Waals surface area (Å²) in [5, 5.41) is 8.66. The number of sulfonamides is 1. The molecule has 0 bridgehead atoms. The fraction of sp³-hybridized carbons (Fsp3) is 0.500. The van der Waals surface area contributed by atoms with Gasteiger partial charge in [-0.3, -0.25) is 4.98 Å². The lowest BCUT2D eigenvalue weighted by molar-refractivity contribution is 0.305. The van der Waals surface area contributed by atoms with Crippen LogP contribution in [0.5, 0.6) is 0 Å². The summed E-state index contributed by atoms with van der Waals surface area (Å²) in [7, 11) is -3.55. The summed E-state index contributed by atoms with van der Waals surface area (Å²) in [4.78, 5) is 4.03. The van der Waals surface area contributed by atoms with Crippen molar-refractivity contribution in [3.05, 3.63) is 24.0 Å². The summed E-state index contributed by atoms with van der Waals surface area (Å²) in [6, 6.07) is 1.48. The molecule has 1 heterocycles. The van der Waals surface area contributed by atoms with Gasteiger partial charge in [0.15, 0.2) is 0 Å². The van der Waals surface area contributed by atoms with Gasteiger partial charge in [-0.1, -0.05) is 25.7 Å². The minimum atomic E-state index is -3.55. The Balaban J connectivity index is 2.16. The average molecular weight is 294 g/mol. The van der Waals surface area contributed by atoms with Crippen molar-refractivity contribution in [3.63, 3.8) is 0 Å². The van der Waals surface area contributed by atoms with Crippen molar-refractivity contribution in [1.29, 1.82) is 0 Å². The molecule has 1 unspecified atom stereocenters. The molecule has 1 aliphatic carbocycles. The number of hydrogen-bond donors (Lipinski definition) is 2. The minimum Gasteiger partial charge on any atom is -0.395 e. The van der Waals surface area contributed by atoms with Crippen LogP contribution in [0.25, 0.3) is 0 Å². The molecule has 0 amide bonds. The van der Waals surface area contributed by atoms with E-state index in [2.05, 4.69) is 21.5 Å². The number of aliphatic hydroxyl groups excluding tert-OH is 1. The monoisotopic (exact) mass is 294 g/mol. The van der Waals surface area contributed by atoms with Gasteiger partial charge in [-0.15, -0.1) is 0 Å². The molecule has 6 heteroatoms. The van der Waals surface area contributed by atoms with E-state index >= 15 is 0 Å². The Hall–Kier alpha value is -1.42. The number of aromatic nitrogens is 1. The Kier molecular flexibility index (Phi) is 4.14. The number of aliphatic hydroxyl groups is 1. The van der Waals surface area contributed by atoms with Crippen LogP contribution in [-0.2, 0) is 10.0 Å². The maximum Gasteiger partial charge on any atom is 0.242 e. The van der Waals surface area contributed by atoms with Gasteiger partial charge in [0.25, 0.3) is 0 Å². The van der Waals surface area contributed by atoms with Crippen molar-refractivity contribution in [3.8, 4) is 11.8 Å². The Morgan fingerprint density at radius 2 is 2.20 bits per heavy atom. The van der Waals surface area contributed by atoms with Crippen molar-refractivity contribution in [2.45, 2.75) is 37.6 Å². The summed E-state index contributed by atoms with van der Waals surface area (Å²) in [5.74, 6) is 5.52. The molecule has 1 aliphatic rings. The van der Waals surface area contributed by atoms with E-state index in [4.69, 9.17) is 5.11 Å². The number of nitrogens with one attached hydrogen (secondary N) is 1. The molecular formula is C14H18N2O3S. The molecule has 1 atom stereocenters. The van der Waals surface area contributed by atoms with Crippen molar-refractivity contribution in [1.82, 2.24) is 9.71 Å². The van der Waals surface area contributed by atoms with Gasteiger partial charge in [-0.2, -0.15) is 0 Å². The molecule has 2 N–H and O–H groups in total. The molecule has 5 nitrogen and oxygen atoms in total. The zero-order valence-corrected chi connectivity index (χ0v) is 12.4. The lowest BCUT2D eigenvalue weighted by Crippen LogP contribution is -2.28. The maximum absolute atomic E-state index is 12.2. The highest BCUT2D eigenvalue weighted by atomic mass is 32.2. The fourth-order valence-electron chi connectivity index (χ4n) is 1.78. The second-order valence-electron chi connectivity index (χ2n) is 5.55. The number of pyridine rings is 1. The fourth-order valence-corrected chi connectivity index (χ4v) is 3.17. The van der Waals surface area contributed by atoms with Crippen LogP contribution >= 0.6 is 0 Å². The van der Waals surface area contributed by atoms with Gasteiger partial charge in [0.05, 0.1) is 6.61 Å². The molecule has 0 saturated heterocycles. The Morgan fingerprint density at radius 1 is 1.50 bits per heavy atom. The molecule has 2 rings (SSSR count). The number of nitrogens with zero attached hydrogens (tertiary/aromatic N) is 1. The third kappa shape index (κ3) is 3.57. The van der Waals surface area contributed by atoms with Gasteiger partial charge >= 0.3 is 0 Å². The number of rotatable bonds is 4. The van der Waals surface area contributed by atoms with Gasteiger partial charge in [-0.05, 0) is 17.9 Å². The first-order chi connectivity index (χ1) is 9.35. The largest absolute Gasteiger partial charge is 0.395 e. The molecule has 1 aromatic rings. The predicted molar refractivity (Wildman–Crippen MR) is 75.3 cm³/mol. The van der Waals surface area contributed by atoms with E-state index in [1.165, 1.54) is 18.5 Å². The number of hydrogen-bond acceptors (Lipinski definition) is 4. The predicted octanol–water partition coefficient (Wildman–Crippen LogP) is 0.892. The first-order valence-corrected chi connectivity index (χ1v) is 7.90. The quantitative estimate of drug-likeness (QED) is 0.808. The molecule has 0 aromatic carbocycles. The first-order valence-electron chi connectivity index (χ1n) is 6.42. The van der Waals surface area contributed by atoms with E-state index in [9.17, 15) is 8.42 Å². The van der Waals surface area contributed by atoms with Crippen LogP contribution < -0.4 is 4.72 Å². The summed E-state index contributed by atoms with van der Waals surface area (Å²) in [5.41, 5.74) is 0.551. The zero-order chi connectivity index (χ0) is 14.8. The molecule has 1 aromatic heterocycles. The molecule has 1 fully saturated rings. The van der Waals surface area contributed by atoms with E-state index in [1.807, 2.05) is 13.8 Å². The third-order valence-corrected chi connectivity index (χ3v) is 4.74. The van der Waals surface area contributed by atoms with Crippen LogP contribution in [-0.4, -0.2) is 31.2 Å². The minimum absolute atomic E-state index is 0.0170. The molecular weight excluding hydrogens is 276 g/mol. The lowest BCUT2D eigenvalue weighted by atomic mass is 10.2. The van der Waals surface area contributed by atoms with Crippen LogP contribution in [0.2, 0.25) is 0 Å². The van der Waals surface area contributed by atoms with Crippen LogP contribution in [0.3, 0.4) is 0 Å². The highest BCUT2D eigenvalue weighted by Gasteiger charge is 2.47. The van der Waals surface area contributed by atoms with Crippen molar-refractivity contribution < 1.29 is 13.5 Å². The smallest absolute Gasteiger partial charge is 0.242 e. The van der Waals surface area contributed by atoms with E-state index in [0.29, 0.717) is 12.0 Å².